The second-order valence-electron chi connectivity index (χ2n) is 6.07. The van der Waals surface area contributed by atoms with Gasteiger partial charge in [0.1, 0.15) is 0 Å². The van der Waals surface area contributed by atoms with Gasteiger partial charge in [-0.3, -0.25) is 5.10 Å². The molecule has 1 heterocycles. The van der Waals surface area contributed by atoms with E-state index in [-0.39, 0.29) is 0 Å². The lowest BCUT2D eigenvalue weighted by atomic mass is 9.70. The molecule has 0 amide bonds. The number of nitrogens with zero attached hydrogens (tertiary/aromatic N) is 1. The van der Waals surface area contributed by atoms with Crippen molar-refractivity contribution in [1.82, 2.24) is 15.5 Å². The number of hydrogen-bond donors (Lipinski definition) is 2. The Balaban J connectivity index is 1.85. The highest BCUT2D eigenvalue weighted by molar-refractivity contribution is 4.97. The third kappa shape index (κ3) is 3.08. The smallest absolute Gasteiger partial charge is 0.0490 e. The number of rotatable bonds is 3. The van der Waals surface area contributed by atoms with Crippen LogP contribution in [-0.4, -0.2) is 16.2 Å². The van der Waals surface area contributed by atoms with Crippen LogP contribution in [0.5, 0.6) is 0 Å². The van der Waals surface area contributed by atoms with Gasteiger partial charge in [-0.2, -0.15) is 5.10 Å². The summed E-state index contributed by atoms with van der Waals surface area (Å²) in [6.07, 6.45) is 5.75. The molecule has 0 aromatic carbocycles. The van der Waals surface area contributed by atoms with E-state index < -0.39 is 0 Å². The van der Waals surface area contributed by atoms with Crippen LogP contribution in [0.3, 0.4) is 0 Å². The average molecular weight is 221 g/mol. The minimum absolute atomic E-state index is 0.489. The SMILES string of the molecule is CC1CC(NCc2ccn[nH]2)CC(C)(C)C1. The van der Waals surface area contributed by atoms with Gasteiger partial charge in [0.15, 0.2) is 0 Å². The van der Waals surface area contributed by atoms with Gasteiger partial charge < -0.3 is 5.32 Å². The Kier molecular flexibility index (Phi) is 3.33. The summed E-state index contributed by atoms with van der Waals surface area (Å²) in [5, 5.41) is 10.6. The number of nitrogens with one attached hydrogen (secondary N) is 2. The van der Waals surface area contributed by atoms with Crippen molar-refractivity contribution >= 4 is 0 Å². The monoisotopic (exact) mass is 221 g/mol. The molecule has 3 nitrogen and oxygen atoms in total. The van der Waals surface area contributed by atoms with E-state index in [0.29, 0.717) is 11.5 Å². The molecule has 2 N–H and O–H groups in total. The van der Waals surface area contributed by atoms with Crippen LogP contribution >= 0.6 is 0 Å². The summed E-state index contributed by atoms with van der Waals surface area (Å²) in [6, 6.07) is 2.69. The Bertz CT molecular complexity index is 316. The fraction of sp³-hybridized carbons (Fsp3) is 0.769. The van der Waals surface area contributed by atoms with Gasteiger partial charge in [0.25, 0.3) is 0 Å². The first-order chi connectivity index (χ1) is 7.55. The van der Waals surface area contributed by atoms with Crippen molar-refractivity contribution < 1.29 is 0 Å². The van der Waals surface area contributed by atoms with E-state index in [1.807, 2.05) is 12.3 Å². The van der Waals surface area contributed by atoms with Crippen LogP contribution in [0.25, 0.3) is 0 Å². The molecule has 1 aliphatic rings. The molecule has 3 heteroatoms. The van der Waals surface area contributed by atoms with E-state index in [1.54, 1.807) is 0 Å². The third-order valence-electron chi connectivity index (χ3n) is 3.53. The lowest BCUT2D eigenvalue weighted by Gasteiger charge is -2.39. The summed E-state index contributed by atoms with van der Waals surface area (Å²) in [5.41, 5.74) is 1.67. The van der Waals surface area contributed by atoms with Crippen LogP contribution in [0, 0.1) is 11.3 Å². The van der Waals surface area contributed by atoms with Gasteiger partial charge >= 0.3 is 0 Å². The Hall–Kier alpha value is -0.830. The maximum atomic E-state index is 3.96. The normalized spacial score (nSPS) is 29.2. The zero-order valence-corrected chi connectivity index (χ0v) is 10.6. The second-order valence-corrected chi connectivity index (χ2v) is 6.07. The van der Waals surface area contributed by atoms with E-state index in [2.05, 4.69) is 36.3 Å². The number of H-pyrrole nitrogens is 1. The van der Waals surface area contributed by atoms with Gasteiger partial charge in [0.05, 0.1) is 0 Å². The molecule has 1 saturated carbocycles. The predicted molar refractivity (Wildman–Crippen MR) is 66.0 cm³/mol. The standard InChI is InChI=1S/C13H23N3/c1-10-6-12(8-13(2,3)7-10)14-9-11-4-5-15-16-11/h4-5,10,12,14H,6-9H2,1-3H3,(H,15,16). The minimum atomic E-state index is 0.489. The summed E-state index contributed by atoms with van der Waals surface area (Å²) in [7, 11) is 0. The maximum absolute atomic E-state index is 3.96. The first-order valence-electron chi connectivity index (χ1n) is 6.27. The zero-order valence-electron chi connectivity index (χ0n) is 10.6. The van der Waals surface area contributed by atoms with E-state index >= 15 is 0 Å². The van der Waals surface area contributed by atoms with Crippen molar-refractivity contribution in [1.29, 1.82) is 0 Å². The quantitative estimate of drug-likeness (QED) is 0.824. The molecule has 2 unspecified atom stereocenters. The molecule has 90 valence electrons. The van der Waals surface area contributed by atoms with E-state index in [9.17, 15) is 0 Å². The van der Waals surface area contributed by atoms with Crippen molar-refractivity contribution in [3.8, 4) is 0 Å². The van der Waals surface area contributed by atoms with Crippen LogP contribution in [0.15, 0.2) is 12.3 Å². The van der Waals surface area contributed by atoms with Crippen LogP contribution in [0.1, 0.15) is 45.7 Å². The molecule has 1 fully saturated rings. The fourth-order valence-electron chi connectivity index (χ4n) is 3.14. The molecule has 2 atom stereocenters. The van der Waals surface area contributed by atoms with Gasteiger partial charge in [-0.05, 0) is 36.7 Å². The van der Waals surface area contributed by atoms with Gasteiger partial charge in [-0.1, -0.05) is 20.8 Å². The van der Waals surface area contributed by atoms with Gasteiger partial charge in [-0.25, -0.2) is 0 Å². The Morgan fingerprint density at radius 1 is 1.50 bits per heavy atom. The van der Waals surface area contributed by atoms with Gasteiger partial charge in [-0.15, -0.1) is 0 Å². The van der Waals surface area contributed by atoms with Crippen LogP contribution in [-0.2, 0) is 6.54 Å². The summed E-state index contributed by atoms with van der Waals surface area (Å²) in [6.45, 7) is 8.04. The van der Waals surface area contributed by atoms with Crippen molar-refractivity contribution in [3.63, 3.8) is 0 Å². The lowest BCUT2D eigenvalue weighted by molar-refractivity contribution is 0.150. The topological polar surface area (TPSA) is 40.7 Å². The molecule has 1 aromatic rings. The Morgan fingerprint density at radius 2 is 2.31 bits per heavy atom. The summed E-state index contributed by atoms with van der Waals surface area (Å²) < 4.78 is 0. The Labute approximate surface area is 98.0 Å². The number of aromatic amines is 1. The summed E-state index contributed by atoms with van der Waals surface area (Å²) >= 11 is 0. The van der Waals surface area contributed by atoms with Crippen molar-refractivity contribution in [2.24, 2.45) is 11.3 Å². The first kappa shape index (κ1) is 11.6. The number of aromatic nitrogens is 2. The van der Waals surface area contributed by atoms with Crippen molar-refractivity contribution in [2.75, 3.05) is 0 Å². The highest BCUT2D eigenvalue weighted by Crippen LogP contribution is 2.38. The zero-order chi connectivity index (χ0) is 11.6. The average Bonchev–Trinajstić information content (AvgIpc) is 2.63. The van der Waals surface area contributed by atoms with Crippen LogP contribution in [0.2, 0.25) is 0 Å². The van der Waals surface area contributed by atoms with Crippen molar-refractivity contribution in [2.45, 2.75) is 52.6 Å². The van der Waals surface area contributed by atoms with E-state index in [4.69, 9.17) is 0 Å². The molecular formula is C13H23N3. The molecule has 0 radical (unpaired) electrons. The molecule has 2 rings (SSSR count). The van der Waals surface area contributed by atoms with Gasteiger partial charge in [0.2, 0.25) is 0 Å². The van der Waals surface area contributed by atoms with E-state index in [0.717, 1.165) is 12.5 Å². The molecule has 1 aliphatic carbocycles. The highest BCUT2D eigenvalue weighted by Gasteiger charge is 2.31. The maximum Gasteiger partial charge on any atom is 0.0490 e. The van der Waals surface area contributed by atoms with Gasteiger partial charge in [0, 0.05) is 24.5 Å². The Morgan fingerprint density at radius 3 is 2.94 bits per heavy atom. The minimum Gasteiger partial charge on any atom is -0.308 e. The summed E-state index contributed by atoms with van der Waals surface area (Å²) in [5.74, 6) is 0.836. The molecule has 0 saturated heterocycles. The first-order valence-corrected chi connectivity index (χ1v) is 6.27. The predicted octanol–water partition coefficient (Wildman–Crippen LogP) is 2.71. The van der Waals surface area contributed by atoms with Crippen LogP contribution < -0.4 is 5.32 Å². The summed E-state index contributed by atoms with van der Waals surface area (Å²) in [4.78, 5) is 0. The second kappa shape index (κ2) is 4.58. The fourth-order valence-corrected chi connectivity index (χ4v) is 3.14. The molecule has 16 heavy (non-hydrogen) atoms. The van der Waals surface area contributed by atoms with Crippen molar-refractivity contribution in [3.05, 3.63) is 18.0 Å². The van der Waals surface area contributed by atoms with Crippen LogP contribution in [0.4, 0.5) is 0 Å². The van der Waals surface area contributed by atoms with E-state index in [1.165, 1.54) is 25.0 Å². The molecule has 0 aliphatic heterocycles. The highest BCUT2D eigenvalue weighted by atomic mass is 15.1. The third-order valence-corrected chi connectivity index (χ3v) is 3.53. The molecule has 0 spiro atoms. The molecule has 1 aromatic heterocycles. The molecule has 0 bridgehead atoms. The lowest BCUT2D eigenvalue weighted by Crippen LogP contribution is -2.39. The molecular weight excluding hydrogens is 198 g/mol. The number of hydrogen-bond acceptors (Lipinski definition) is 2. The largest absolute Gasteiger partial charge is 0.308 e.